The lowest BCUT2D eigenvalue weighted by atomic mass is 10.0. The monoisotopic (exact) mass is 599 g/mol. The molecule has 12 heteroatoms. The smallest absolute Gasteiger partial charge is 0.248 e. The van der Waals surface area contributed by atoms with Crippen LogP contribution in [0.5, 0.6) is 11.5 Å². The van der Waals surface area contributed by atoms with Crippen molar-refractivity contribution in [2.24, 2.45) is 0 Å². The fourth-order valence-electron chi connectivity index (χ4n) is 6.85. The highest BCUT2D eigenvalue weighted by Gasteiger charge is 2.27. The Morgan fingerprint density at radius 3 is 2.39 bits per heavy atom. The van der Waals surface area contributed by atoms with Gasteiger partial charge < -0.3 is 30.3 Å². The Morgan fingerprint density at radius 2 is 1.64 bits per heavy atom. The van der Waals surface area contributed by atoms with Crippen molar-refractivity contribution in [3.05, 3.63) is 53.3 Å². The van der Waals surface area contributed by atoms with Gasteiger partial charge in [0.25, 0.3) is 0 Å². The maximum atomic E-state index is 15.3. The molecule has 3 N–H and O–H groups in total. The van der Waals surface area contributed by atoms with Crippen molar-refractivity contribution in [2.75, 3.05) is 56.3 Å². The van der Waals surface area contributed by atoms with Crippen molar-refractivity contribution in [1.82, 2.24) is 29.9 Å². The molecule has 2 fully saturated rings. The first-order chi connectivity index (χ1) is 21.5. The topological polar surface area (TPSA) is 119 Å². The second-order valence-electron chi connectivity index (χ2n) is 11.8. The molecule has 0 atom stereocenters. The van der Waals surface area contributed by atoms with Crippen LogP contribution in [-0.2, 0) is 12.8 Å². The summed E-state index contributed by atoms with van der Waals surface area (Å²) in [5.41, 5.74) is 11.4. The lowest BCUT2D eigenvalue weighted by Gasteiger charge is -2.37. The number of halogens is 1. The third-order valence-electron chi connectivity index (χ3n) is 9.13. The van der Waals surface area contributed by atoms with E-state index in [2.05, 4.69) is 35.4 Å². The Hall–Kier alpha value is -4.45. The van der Waals surface area contributed by atoms with Crippen LogP contribution in [0.15, 0.2) is 36.4 Å². The van der Waals surface area contributed by atoms with Gasteiger partial charge in [-0.05, 0) is 106 Å². The fraction of sp³-hybridized carbons (Fsp3) is 0.438. The number of hydrogen-bond donors (Lipinski definition) is 2. The van der Waals surface area contributed by atoms with E-state index in [4.69, 9.17) is 15.2 Å². The normalized spacial score (nSPS) is 17.2. The van der Waals surface area contributed by atoms with E-state index in [0.29, 0.717) is 34.7 Å². The number of likely N-dealkylation sites (tertiary alicyclic amines) is 1. The molecule has 0 bridgehead atoms. The standard InChI is InChI=1S/C32H38FN9O2/c1-43-27-16-20-6-5-7-21-17-29(37-38-30(21)24(20)19-28(27)44-2)42-31(34)36-32(39-42)35-22-8-9-26(25(33)18-22)41-14-10-23(11-15-41)40-12-3-4-13-40/h8-9,16-19,23H,3-7,10-15H2,1-2H3,(H3,34,35,36,39). The molecule has 4 heterocycles. The fourth-order valence-corrected chi connectivity index (χ4v) is 6.85. The second-order valence-corrected chi connectivity index (χ2v) is 11.8. The highest BCUT2D eigenvalue weighted by atomic mass is 19.1. The van der Waals surface area contributed by atoms with Gasteiger partial charge in [-0.15, -0.1) is 15.3 Å². The molecule has 0 spiro atoms. The Bertz CT molecular complexity index is 1660. The molecule has 0 saturated carbocycles. The molecule has 7 rings (SSSR count). The van der Waals surface area contributed by atoms with Gasteiger partial charge >= 0.3 is 0 Å². The number of piperidine rings is 1. The SMILES string of the molecule is COc1cc2c(cc1OC)-c1nnc(-n3nc(Nc4ccc(N5CCC(N6CCCC6)CC5)c(F)c4)nc3N)cc1CCC2. The minimum Gasteiger partial charge on any atom is -0.493 e. The maximum Gasteiger partial charge on any atom is 0.248 e. The third kappa shape index (κ3) is 5.38. The number of nitrogens with one attached hydrogen (secondary N) is 1. The van der Waals surface area contributed by atoms with Crippen LogP contribution in [0.25, 0.3) is 17.1 Å². The van der Waals surface area contributed by atoms with Crippen LogP contribution < -0.4 is 25.4 Å². The zero-order valence-electron chi connectivity index (χ0n) is 25.2. The molecule has 2 aliphatic heterocycles. The molecule has 11 nitrogen and oxygen atoms in total. The molecule has 0 amide bonds. The van der Waals surface area contributed by atoms with E-state index in [1.165, 1.54) is 36.7 Å². The van der Waals surface area contributed by atoms with E-state index in [1.807, 2.05) is 30.3 Å². The van der Waals surface area contributed by atoms with E-state index >= 15 is 4.39 Å². The van der Waals surface area contributed by atoms with Crippen LogP contribution in [0.1, 0.15) is 43.2 Å². The van der Waals surface area contributed by atoms with Crippen LogP contribution in [0.3, 0.4) is 0 Å². The number of anilines is 4. The summed E-state index contributed by atoms with van der Waals surface area (Å²) in [7, 11) is 3.26. The number of fused-ring (bicyclic) bond motifs is 3. The summed E-state index contributed by atoms with van der Waals surface area (Å²) in [6.45, 7) is 4.13. The van der Waals surface area contributed by atoms with E-state index < -0.39 is 0 Å². The van der Waals surface area contributed by atoms with Crippen LogP contribution in [-0.4, -0.2) is 76.3 Å². The highest BCUT2D eigenvalue weighted by molar-refractivity contribution is 5.72. The number of rotatable bonds is 7. The molecule has 3 aliphatic rings. The number of benzene rings is 2. The van der Waals surface area contributed by atoms with Gasteiger partial charge in [-0.2, -0.15) is 9.67 Å². The number of nitrogens with zero attached hydrogens (tertiary/aromatic N) is 7. The average Bonchev–Trinajstić information content (AvgIpc) is 3.67. The third-order valence-corrected chi connectivity index (χ3v) is 9.13. The van der Waals surface area contributed by atoms with Gasteiger partial charge in [0.05, 0.1) is 25.6 Å². The summed E-state index contributed by atoms with van der Waals surface area (Å²) < 4.78 is 27.8. The molecule has 230 valence electrons. The van der Waals surface area contributed by atoms with Gasteiger partial charge in [0.15, 0.2) is 17.3 Å². The van der Waals surface area contributed by atoms with Gasteiger partial charge in [-0.25, -0.2) is 4.39 Å². The van der Waals surface area contributed by atoms with Crippen LogP contribution >= 0.6 is 0 Å². The Morgan fingerprint density at radius 1 is 0.886 bits per heavy atom. The summed E-state index contributed by atoms with van der Waals surface area (Å²) in [5, 5.41) is 16.7. The van der Waals surface area contributed by atoms with Crippen molar-refractivity contribution < 1.29 is 13.9 Å². The highest BCUT2D eigenvalue weighted by Crippen LogP contribution is 2.39. The van der Waals surface area contributed by atoms with E-state index in [0.717, 1.165) is 67.6 Å². The van der Waals surface area contributed by atoms with E-state index in [-0.39, 0.29) is 17.7 Å². The largest absolute Gasteiger partial charge is 0.493 e. The van der Waals surface area contributed by atoms with Gasteiger partial charge in [0.1, 0.15) is 5.82 Å². The van der Waals surface area contributed by atoms with Crippen LogP contribution in [0.4, 0.5) is 27.7 Å². The zero-order valence-corrected chi connectivity index (χ0v) is 25.2. The molecule has 2 aromatic carbocycles. The number of hydrogen-bond acceptors (Lipinski definition) is 10. The van der Waals surface area contributed by atoms with Crippen molar-refractivity contribution in [3.63, 3.8) is 0 Å². The molecular weight excluding hydrogens is 561 g/mol. The Kier molecular flexibility index (Phi) is 7.67. The van der Waals surface area contributed by atoms with E-state index in [9.17, 15) is 0 Å². The molecule has 1 aliphatic carbocycles. The quantitative estimate of drug-likeness (QED) is 0.308. The Balaban J connectivity index is 1.07. The van der Waals surface area contributed by atoms with Gasteiger partial charge in [-0.1, -0.05) is 0 Å². The van der Waals surface area contributed by atoms with Crippen molar-refractivity contribution in [1.29, 1.82) is 0 Å². The van der Waals surface area contributed by atoms with Crippen LogP contribution in [0.2, 0.25) is 0 Å². The lowest BCUT2D eigenvalue weighted by Crippen LogP contribution is -2.44. The van der Waals surface area contributed by atoms with Crippen molar-refractivity contribution in [2.45, 2.75) is 51.0 Å². The van der Waals surface area contributed by atoms with Gasteiger partial charge in [0, 0.05) is 30.4 Å². The Labute approximate surface area is 256 Å². The first-order valence-corrected chi connectivity index (χ1v) is 15.4. The van der Waals surface area contributed by atoms with Crippen LogP contribution in [0, 0.1) is 5.82 Å². The second kappa shape index (κ2) is 11.9. The van der Waals surface area contributed by atoms with Crippen molar-refractivity contribution >= 4 is 23.3 Å². The molecule has 44 heavy (non-hydrogen) atoms. The minimum atomic E-state index is -0.270. The summed E-state index contributed by atoms with van der Waals surface area (Å²) >= 11 is 0. The average molecular weight is 600 g/mol. The molecular formula is C32H38FN9O2. The van der Waals surface area contributed by atoms with E-state index in [1.54, 1.807) is 14.2 Å². The molecule has 0 radical (unpaired) electrons. The minimum absolute atomic E-state index is 0.153. The summed E-state index contributed by atoms with van der Waals surface area (Å²) in [6, 6.07) is 11.7. The lowest BCUT2D eigenvalue weighted by molar-refractivity contribution is 0.207. The number of aromatic nitrogens is 5. The predicted octanol–water partition coefficient (Wildman–Crippen LogP) is 4.76. The molecule has 0 unspecified atom stereocenters. The van der Waals surface area contributed by atoms with Crippen molar-refractivity contribution in [3.8, 4) is 28.6 Å². The first kappa shape index (κ1) is 28.3. The summed E-state index contributed by atoms with van der Waals surface area (Å²) in [5.74, 6) is 1.94. The summed E-state index contributed by atoms with van der Waals surface area (Å²) in [4.78, 5) is 9.11. The molecule has 2 aromatic heterocycles. The van der Waals surface area contributed by atoms with Gasteiger partial charge in [0.2, 0.25) is 11.9 Å². The first-order valence-electron chi connectivity index (χ1n) is 15.4. The molecule has 2 saturated heterocycles. The van der Waals surface area contributed by atoms with Gasteiger partial charge in [-0.3, -0.25) is 0 Å². The number of aryl methyl sites for hydroxylation is 2. The maximum absolute atomic E-state index is 15.3. The number of methoxy groups -OCH3 is 2. The number of nitrogens with two attached hydrogens (primary N) is 1. The molecule has 4 aromatic rings. The number of nitrogen functional groups attached to an aromatic ring is 1. The number of ether oxygens (including phenoxy) is 2. The summed E-state index contributed by atoms with van der Waals surface area (Å²) in [6.07, 6.45) is 7.38. The predicted molar refractivity (Wildman–Crippen MR) is 168 cm³/mol. The zero-order chi connectivity index (χ0) is 30.2.